The number of anilines is 1. The first-order valence-electron chi connectivity index (χ1n) is 5.81. The first-order chi connectivity index (χ1) is 8.91. The van der Waals surface area contributed by atoms with Gasteiger partial charge in [-0.2, -0.15) is 4.98 Å². The summed E-state index contributed by atoms with van der Waals surface area (Å²) in [5, 5.41) is 14.0. The highest BCUT2D eigenvalue weighted by Crippen LogP contribution is 2.32. The molecule has 1 aromatic rings. The number of rotatable bonds is 6. The highest BCUT2D eigenvalue weighted by Gasteiger charge is 2.28. The van der Waals surface area contributed by atoms with Gasteiger partial charge in [0.1, 0.15) is 6.33 Å². The van der Waals surface area contributed by atoms with Crippen molar-refractivity contribution in [1.29, 1.82) is 0 Å². The fraction of sp³-hybridized carbons (Fsp3) is 0.500. The van der Waals surface area contributed by atoms with Gasteiger partial charge >= 0.3 is 11.6 Å². The molecule has 0 spiro atoms. The maximum atomic E-state index is 11.1. The molecule has 19 heavy (non-hydrogen) atoms. The lowest BCUT2D eigenvalue weighted by Gasteiger charge is -2.19. The van der Waals surface area contributed by atoms with E-state index in [1.807, 2.05) is 6.92 Å². The van der Waals surface area contributed by atoms with E-state index in [1.165, 1.54) is 6.33 Å². The predicted octanol–water partition coefficient (Wildman–Crippen LogP) is 2.00. The Morgan fingerprint density at radius 1 is 1.58 bits per heavy atom. The van der Waals surface area contributed by atoms with Gasteiger partial charge in [-0.25, -0.2) is 4.98 Å². The van der Waals surface area contributed by atoms with Crippen LogP contribution in [0.2, 0.25) is 0 Å². The maximum absolute atomic E-state index is 11.1. The van der Waals surface area contributed by atoms with Crippen LogP contribution in [0.3, 0.4) is 0 Å². The van der Waals surface area contributed by atoms with Crippen molar-refractivity contribution in [2.24, 2.45) is 0 Å². The second-order valence-corrected chi connectivity index (χ2v) is 4.32. The molecular weight excluding hydrogens is 248 g/mol. The Balaban J connectivity index is 3.17. The van der Waals surface area contributed by atoms with Crippen molar-refractivity contribution in [3.63, 3.8) is 0 Å². The van der Waals surface area contributed by atoms with Crippen LogP contribution in [0.25, 0.3) is 0 Å². The Bertz CT molecular complexity index is 508. The molecule has 102 valence electrons. The molecule has 0 amide bonds. The molecule has 0 atom stereocenters. The van der Waals surface area contributed by atoms with E-state index in [-0.39, 0.29) is 17.4 Å². The minimum absolute atomic E-state index is 0.129. The summed E-state index contributed by atoms with van der Waals surface area (Å²) in [6.45, 7) is 5.75. The van der Waals surface area contributed by atoms with Crippen LogP contribution < -0.4 is 10.1 Å². The molecule has 0 aromatic carbocycles. The van der Waals surface area contributed by atoms with Gasteiger partial charge in [0.2, 0.25) is 5.82 Å². The van der Waals surface area contributed by atoms with Gasteiger partial charge in [0.05, 0.1) is 4.92 Å². The summed E-state index contributed by atoms with van der Waals surface area (Å²) in [6.07, 6.45) is 7.31. The summed E-state index contributed by atoms with van der Waals surface area (Å²) >= 11 is 0. The Kier molecular flexibility index (Phi) is 4.64. The fourth-order valence-electron chi connectivity index (χ4n) is 1.25. The third kappa shape index (κ3) is 3.81. The number of hydrogen-bond acceptors (Lipinski definition) is 6. The van der Waals surface area contributed by atoms with Crippen molar-refractivity contribution in [3.8, 4) is 18.2 Å². The van der Waals surface area contributed by atoms with E-state index in [0.717, 1.165) is 6.42 Å². The molecule has 0 saturated heterocycles. The third-order valence-electron chi connectivity index (χ3n) is 2.21. The van der Waals surface area contributed by atoms with Crippen molar-refractivity contribution in [2.45, 2.75) is 32.8 Å². The SMILES string of the molecule is C#CC(C)(C)Oc1ncnc(NCCC)c1[N+](=O)[O-]. The lowest BCUT2D eigenvalue weighted by atomic mass is 10.1. The van der Waals surface area contributed by atoms with Crippen LogP contribution in [0, 0.1) is 22.5 Å². The molecule has 1 rings (SSSR count). The molecule has 1 heterocycles. The standard InChI is InChI=1S/C12H16N4O3/c1-5-7-13-10-9(16(17)18)11(15-8-14-10)19-12(3,4)6-2/h2,8H,5,7H2,1,3-4H3,(H,13,14,15). The van der Waals surface area contributed by atoms with Gasteiger partial charge in [-0.15, -0.1) is 6.42 Å². The molecule has 0 aliphatic carbocycles. The molecule has 1 N–H and O–H groups in total. The number of nitrogens with one attached hydrogen (secondary N) is 1. The second kappa shape index (κ2) is 6.00. The number of terminal acetylenes is 1. The summed E-state index contributed by atoms with van der Waals surface area (Å²) in [6, 6.07) is 0. The Morgan fingerprint density at radius 2 is 2.26 bits per heavy atom. The number of aromatic nitrogens is 2. The van der Waals surface area contributed by atoms with Gasteiger partial charge in [0.15, 0.2) is 5.60 Å². The summed E-state index contributed by atoms with van der Waals surface area (Å²) < 4.78 is 5.40. The molecule has 0 unspecified atom stereocenters. The Hall–Kier alpha value is -2.36. The minimum atomic E-state index is -0.985. The van der Waals surface area contributed by atoms with E-state index >= 15 is 0 Å². The lowest BCUT2D eigenvalue weighted by molar-refractivity contribution is -0.385. The first-order valence-corrected chi connectivity index (χ1v) is 5.81. The Morgan fingerprint density at radius 3 is 2.79 bits per heavy atom. The highest BCUT2D eigenvalue weighted by molar-refractivity contribution is 5.61. The molecule has 0 fully saturated rings. The minimum Gasteiger partial charge on any atom is -0.453 e. The zero-order valence-electron chi connectivity index (χ0n) is 11.1. The van der Waals surface area contributed by atoms with Crippen molar-refractivity contribution in [2.75, 3.05) is 11.9 Å². The average Bonchev–Trinajstić information content (AvgIpc) is 2.35. The number of hydrogen-bond donors (Lipinski definition) is 1. The summed E-state index contributed by atoms with van der Waals surface area (Å²) in [5.41, 5.74) is -1.29. The molecule has 0 aliphatic rings. The molecular formula is C12H16N4O3. The van der Waals surface area contributed by atoms with Crippen LogP contribution in [0.1, 0.15) is 27.2 Å². The first kappa shape index (κ1) is 14.7. The number of nitrogens with zero attached hydrogens (tertiary/aromatic N) is 3. The van der Waals surface area contributed by atoms with Crippen LogP contribution in [0.15, 0.2) is 6.33 Å². The topological polar surface area (TPSA) is 90.2 Å². The molecule has 0 aliphatic heterocycles. The van der Waals surface area contributed by atoms with E-state index < -0.39 is 10.5 Å². The van der Waals surface area contributed by atoms with E-state index in [1.54, 1.807) is 13.8 Å². The molecule has 1 aromatic heterocycles. The van der Waals surface area contributed by atoms with Crippen molar-refractivity contribution in [1.82, 2.24) is 9.97 Å². The highest BCUT2D eigenvalue weighted by atomic mass is 16.6. The quantitative estimate of drug-likeness (QED) is 0.480. The summed E-state index contributed by atoms with van der Waals surface area (Å²) in [7, 11) is 0. The van der Waals surface area contributed by atoms with Gasteiger partial charge in [-0.3, -0.25) is 10.1 Å². The fourth-order valence-corrected chi connectivity index (χ4v) is 1.25. The summed E-state index contributed by atoms with van der Waals surface area (Å²) in [4.78, 5) is 18.2. The van der Waals surface area contributed by atoms with Crippen molar-refractivity contribution in [3.05, 3.63) is 16.4 Å². The van der Waals surface area contributed by atoms with Crippen LogP contribution in [-0.4, -0.2) is 27.0 Å². The molecule has 7 heteroatoms. The number of ether oxygens (including phenoxy) is 1. The van der Waals surface area contributed by atoms with E-state index in [9.17, 15) is 10.1 Å². The van der Waals surface area contributed by atoms with E-state index in [4.69, 9.17) is 11.2 Å². The van der Waals surface area contributed by atoms with Gasteiger partial charge in [-0.05, 0) is 20.3 Å². The maximum Gasteiger partial charge on any atom is 0.372 e. The van der Waals surface area contributed by atoms with Gasteiger partial charge in [0.25, 0.3) is 0 Å². The average molecular weight is 264 g/mol. The van der Waals surface area contributed by atoms with Crippen LogP contribution in [-0.2, 0) is 0 Å². The lowest BCUT2D eigenvalue weighted by Crippen LogP contribution is -2.26. The smallest absolute Gasteiger partial charge is 0.372 e. The molecule has 7 nitrogen and oxygen atoms in total. The van der Waals surface area contributed by atoms with Crippen molar-refractivity contribution < 1.29 is 9.66 Å². The largest absolute Gasteiger partial charge is 0.453 e. The van der Waals surface area contributed by atoms with Crippen molar-refractivity contribution >= 4 is 11.5 Å². The van der Waals surface area contributed by atoms with Crippen LogP contribution in [0.5, 0.6) is 5.88 Å². The zero-order valence-corrected chi connectivity index (χ0v) is 11.1. The summed E-state index contributed by atoms with van der Waals surface area (Å²) in [5.74, 6) is 2.38. The van der Waals surface area contributed by atoms with E-state index in [2.05, 4.69) is 21.2 Å². The molecule has 0 saturated carbocycles. The third-order valence-corrected chi connectivity index (χ3v) is 2.21. The zero-order chi connectivity index (χ0) is 14.5. The van der Waals surface area contributed by atoms with Crippen LogP contribution in [0.4, 0.5) is 11.5 Å². The van der Waals surface area contributed by atoms with Gasteiger partial charge < -0.3 is 10.1 Å². The normalized spacial score (nSPS) is 10.6. The van der Waals surface area contributed by atoms with Gasteiger partial charge in [0, 0.05) is 6.54 Å². The Labute approximate surface area is 111 Å². The van der Waals surface area contributed by atoms with Gasteiger partial charge in [-0.1, -0.05) is 12.8 Å². The number of nitro groups is 1. The monoisotopic (exact) mass is 264 g/mol. The van der Waals surface area contributed by atoms with E-state index in [0.29, 0.717) is 6.54 Å². The second-order valence-electron chi connectivity index (χ2n) is 4.32. The van der Waals surface area contributed by atoms with Crippen LogP contribution >= 0.6 is 0 Å². The molecule has 0 bridgehead atoms. The molecule has 0 radical (unpaired) electrons. The predicted molar refractivity (Wildman–Crippen MR) is 71.0 cm³/mol.